The van der Waals surface area contributed by atoms with Gasteiger partial charge in [0, 0.05) is 12.6 Å². The summed E-state index contributed by atoms with van der Waals surface area (Å²) >= 11 is 0. The van der Waals surface area contributed by atoms with Gasteiger partial charge in [0.2, 0.25) is 5.88 Å². The van der Waals surface area contributed by atoms with Crippen LogP contribution < -0.4 is 10.1 Å². The zero-order valence-electron chi connectivity index (χ0n) is 13.0. The first-order valence-corrected chi connectivity index (χ1v) is 7.89. The summed E-state index contributed by atoms with van der Waals surface area (Å²) in [4.78, 5) is 8.67. The number of aryl methyl sites for hydroxylation is 1. The lowest BCUT2D eigenvalue weighted by molar-refractivity contribution is 0.274. The second-order valence-corrected chi connectivity index (χ2v) is 5.92. The van der Waals surface area contributed by atoms with Crippen LogP contribution in [0.25, 0.3) is 0 Å². The van der Waals surface area contributed by atoms with Gasteiger partial charge in [-0.25, -0.2) is 4.98 Å². The maximum Gasteiger partial charge on any atom is 0.218 e. The molecule has 2 rings (SSSR count). The van der Waals surface area contributed by atoms with Crippen molar-refractivity contribution in [3.05, 3.63) is 11.9 Å². The highest BCUT2D eigenvalue weighted by molar-refractivity contribution is 5.38. The minimum absolute atomic E-state index is 0.635. The monoisotopic (exact) mass is 277 g/mol. The summed E-state index contributed by atoms with van der Waals surface area (Å²) in [5.74, 6) is 4.07. The van der Waals surface area contributed by atoms with Crippen LogP contribution >= 0.6 is 0 Å². The van der Waals surface area contributed by atoms with E-state index in [-0.39, 0.29) is 0 Å². The van der Waals surface area contributed by atoms with Crippen LogP contribution in [0.15, 0.2) is 6.07 Å². The molecule has 1 aliphatic rings. The molecule has 0 spiro atoms. The number of aromatic nitrogens is 2. The van der Waals surface area contributed by atoms with Gasteiger partial charge in [0.15, 0.2) is 0 Å². The summed E-state index contributed by atoms with van der Waals surface area (Å²) in [7, 11) is 0. The second kappa shape index (κ2) is 7.46. The van der Waals surface area contributed by atoms with Gasteiger partial charge < -0.3 is 10.1 Å². The van der Waals surface area contributed by atoms with Crippen molar-refractivity contribution in [2.24, 2.45) is 11.8 Å². The predicted molar refractivity (Wildman–Crippen MR) is 82.2 cm³/mol. The Morgan fingerprint density at radius 1 is 1.35 bits per heavy atom. The fourth-order valence-electron chi connectivity index (χ4n) is 3.08. The third kappa shape index (κ3) is 4.66. The second-order valence-electron chi connectivity index (χ2n) is 5.92. The van der Waals surface area contributed by atoms with Crippen LogP contribution in [0.3, 0.4) is 0 Å². The first kappa shape index (κ1) is 15.1. The number of nitrogens with zero attached hydrogens (tertiary/aromatic N) is 2. The highest BCUT2D eigenvalue weighted by Gasteiger charge is 2.18. The zero-order chi connectivity index (χ0) is 14.4. The van der Waals surface area contributed by atoms with Crippen molar-refractivity contribution in [1.82, 2.24) is 9.97 Å². The summed E-state index contributed by atoms with van der Waals surface area (Å²) in [6.45, 7) is 7.86. The molecule has 1 aliphatic carbocycles. The number of rotatable bonds is 6. The first-order chi connectivity index (χ1) is 9.67. The number of nitrogens with one attached hydrogen (secondary N) is 1. The molecule has 0 saturated heterocycles. The Balaban J connectivity index is 1.81. The Hall–Kier alpha value is -1.32. The number of hydrogen-bond donors (Lipinski definition) is 1. The fourth-order valence-corrected chi connectivity index (χ4v) is 3.08. The Morgan fingerprint density at radius 2 is 2.20 bits per heavy atom. The molecule has 0 bridgehead atoms. The molecule has 0 aliphatic heterocycles. The quantitative estimate of drug-likeness (QED) is 0.859. The van der Waals surface area contributed by atoms with Crippen molar-refractivity contribution in [2.45, 2.75) is 52.9 Å². The molecule has 1 aromatic rings. The minimum atomic E-state index is 0.635. The van der Waals surface area contributed by atoms with Gasteiger partial charge in [-0.2, -0.15) is 4.98 Å². The highest BCUT2D eigenvalue weighted by atomic mass is 16.5. The topological polar surface area (TPSA) is 47.0 Å². The molecule has 4 heteroatoms. The molecule has 0 aromatic carbocycles. The van der Waals surface area contributed by atoms with E-state index in [0.29, 0.717) is 12.5 Å². The maximum absolute atomic E-state index is 5.45. The molecule has 0 radical (unpaired) electrons. The van der Waals surface area contributed by atoms with E-state index in [9.17, 15) is 0 Å². The van der Waals surface area contributed by atoms with Gasteiger partial charge in [0.25, 0.3) is 0 Å². The van der Waals surface area contributed by atoms with E-state index < -0.39 is 0 Å². The van der Waals surface area contributed by atoms with Crippen LogP contribution in [0.4, 0.5) is 5.82 Å². The molecule has 1 N–H and O–H groups in total. The standard InChI is InChI=1S/C16H27N3O/c1-4-20-16-11-15(18-13(3)19-16)17-9-8-14-7-5-6-12(2)10-14/h11-12,14H,4-10H2,1-3H3,(H,17,18,19). The molecule has 2 unspecified atom stereocenters. The first-order valence-electron chi connectivity index (χ1n) is 7.89. The predicted octanol–water partition coefficient (Wildman–Crippen LogP) is 3.81. The molecule has 1 aromatic heterocycles. The van der Waals surface area contributed by atoms with Crippen LogP contribution in [0.1, 0.15) is 51.8 Å². The van der Waals surface area contributed by atoms with Gasteiger partial charge in [0.05, 0.1) is 6.61 Å². The van der Waals surface area contributed by atoms with Gasteiger partial charge in [-0.05, 0) is 38.5 Å². The fraction of sp³-hybridized carbons (Fsp3) is 0.750. The smallest absolute Gasteiger partial charge is 0.218 e. The third-order valence-electron chi connectivity index (χ3n) is 4.01. The average molecular weight is 277 g/mol. The van der Waals surface area contributed by atoms with Crippen molar-refractivity contribution < 1.29 is 4.74 Å². The molecule has 20 heavy (non-hydrogen) atoms. The Labute approximate surface area is 122 Å². The van der Waals surface area contributed by atoms with Gasteiger partial charge in [-0.1, -0.05) is 26.2 Å². The lowest BCUT2D eigenvalue weighted by Crippen LogP contribution is -2.17. The van der Waals surface area contributed by atoms with Crippen molar-refractivity contribution in [3.8, 4) is 5.88 Å². The molecule has 2 atom stereocenters. The molecule has 1 fully saturated rings. The van der Waals surface area contributed by atoms with Gasteiger partial charge in [-0.15, -0.1) is 0 Å². The molecule has 112 valence electrons. The van der Waals surface area contributed by atoms with E-state index in [1.165, 1.54) is 32.1 Å². The summed E-state index contributed by atoms with van der Waals surface area (Å²) < 4.78 is 5.45. The van der Waals surface area contributed by atoms with Crippen molar-refractivity contribution in [3.63, 3.8) is 0 Å². The van der Waals surface area contributed by atoms with E-state index in [2.05, 4.69) is 22.2 Å². The lowest BCUT2D eigenvalue weighted by atomic mass is 9.81. The summed E-state index contributed by atoms with van der Waals surface area (Å²) in [6.07, 6.45) is 6.81. The molecular weight excluding hydrogens is 250 g/mol. The number of hydrogen-bond acceptors (Lipinski definition) is 4. The molecular formula is C16H27N3O. The van der Waals surface area contributed by atoms with E-state index in [0.717, 1.165) is 30.0 Å². The maximum atomic E-state index is 5.45. The van der Waals surface area contributed by atoms with Crippen LogP contribution in [0.5, 0.6) is 5.88 Å². The summed E-state index contributed by atoms with van der Waals surface area (Å²) in [6, 6.07) is 1.89. The Morgan fingerprint density at radius 3 is 2.95 bits per heavy atom. The van der Waals surface area contributed by atoms with Crippen LogP contribution in [0, 0.1) is 18.8 Å². The van der Waals surface area contributed by atoms with Gasteiger partial charge in [-0.3, -0.25) is 0 Å². The summed E-state index contributed by atoms with van der Waals surface area (Å²) in [5, 5.41) is 3.42. The van der Waals surface area contributed by atoms with Crippen molar-refractivity contribution >= 4 is 5.82 Å². The highest BCUT2D eigenvalue weighted by Crippen LogP contribution is 2.30. The molecule has 0 amide bonds. The normalized spacial score (nSPS) is 22.6. The average Bonchev–Trinajstić information content (AvgIpc) is 2.38. The van der Waals surface area contributed by atoms with Crippen LogP contribution in [-0.2, 0) is 0 Å². The number of anilines is 1. The van der Waals surface area contributed by atoms with Crippen molar-refractivity contribution in [1.29, 1.82) is 0 Å². The SMILES string of the molecule is CCOc1cc(NCCC2CCCC(C)C2)nc(C)n1. The van der Waals surface area contributed by atoms with Crippen molar-refractivity contribution in [2.75, 3.05) is 18.5 Å². The largest absolute Gasteiger partial charge is 0.478 e. The summed E-state index contributed by atoms with van der Waals surface area (Å²) in [5.41, 5.74) is 0. The van der Waals surface area contributed by atoms with Crippen LogP contribution in [0.2, 0.25) is 0 Å². The molecule has 4 nitrogen and oxygen atoms in total. The van der Waals surface area contributed by atoms with Crippen LogP contribution in [-0.4, -0.2) is 23.1 Å². The minimum Gasteiger partial charge on any atom is -0.478 e. The molecule has 1 heterocycles. The Bertz CT molecular complexity index is 422. The lowest BCUT2D eigenvalue weighted by Gasteiger charge is -2.26. The van der Waals surface area contributed by atoms with Gasteiger partial charge in [0.1, 0.15) is 11.6 Å². The van der Waals surface area contributed by atoms with Gasteiger partial charge >= 0.3 is 0 Å². The Kier molecular flexibility index (Phi) is 5.62. The molecule has 1 saturated carbocycles. The van der Waals surface area contributed by atoms with E-state index in [1.807, 2.05) is 19.9 Å². The van der Waals surface area contributed by atoms with E-state index >= 15 is 0 Å². The zero-order valence-corrected chi connectivity index (χ0v) is 13.0. The third-order valence-corrected chi connectivity index (χ3v) is 4.01. The number of ether oxygens (including phenoxy) is 1. The van der Waals surface area contributed by atoms with E-state index in [1.54, 1.807) is 0 Å². The van der Waals surface area contributed by atoms with E-state index in [4.69, 9.17) is 4.74 Å².